The first-order valence-electron chi connectivity index (χ1n) is 5.29. The van der Waals surface area contributed by atoms with Crippen LogP contribution in [0, 0.1) is 0 Å². The molecule has 13 heavy (non-hydrogen) atoms. The maximum absolute atomic E-state index is 3.62. The molecule has 0 aromatic heterocycles. The Balaban J connectivity index is 2.18. The number of hydrogen-bond donors (Lipinski definition) is 1. The highest BCUT2D eigenvalue weighted by molar-refractivity contribution is 5.41. The molecule has 1 aromatic carbocycles. The fourth-order valence-corrected chi connectivity index (χ4v) is 2.78. The molecule has 0 amide bonds. The molecule has 0 fully saturated rings. The predicted molar refractivity (Wildman–Crippen MR) is 53.8 cm³/mol. The summed E-state index contributed by atoms with van der Waals surface area (Å²) in [6.45, 7) is 1.17. The van der Waals surface area contributed by atoms with E-state index in [0.717, 1.165) is 0 Å². The number of rotatable bonds is 0. The molecule has 0 saturated heterocycles. The molecule has 1 heterocycles. The highest BCUT2D eigenvalue weighted by Gasteiger charge is 2.24. The summed E-state index contributed by atoms with van der Waals surface area (Å²) in [7, 11) is 0. The van der Waals surface area contributed by atoms with Crippen LogP contribution in [0.5, 0.6) is 0 Å². The minimum Gasteiger partial charge on any atom is -0.310 e. The summed E-state index contributed by atoms with van der Waals surface area (Å²) in [4.78, 5) is 0. The summed E-state index contributed by atoms with van der Waals surface area (Å²) in [6, 6.07) is 7.51. The van der Waals surface area contributed by atoms with Crippen molar-refractivity contribution in [1.29, 1.82) is 0 Å². The van der Waals surface area contributed by atoms with Crippen molar-refractivity contribution < 1.29 is 0 Å². The fraction of sp³-hybridized carbons (Fsp3) is 0.500. The van der Waals surface area contributed by atoms with Gasteiger partial charge < -0.3 is 5.32 Å². The molecule has 1 aliphatic heterocycles. The number of hydrogen-bond acceptors (Lipinski definition) is 1. The van der Waals surface area contributed by atoms with Gasteiger partial charge in [0.15, 0.2) is 0 Å². The minimum atomic E-state index is 0.675. The lowest BCUT2D eigenvalue weighted by Gasteiger charge is -2.32. The third kappa shape index (κ3) is 1.11. The van der Waals surface area contributed by atoms with Crippen molar-refractivity contribution in [2.75, 3.05) is 6.54 Å². The second-order valence-electron chi connectivity index (χ2n) is 4.14. The first-order chi connectivity index (χ1) is 6.45. The van der Waals surface area contributed by atoms with Crippen molar-refractivity contribution in [3.63, 3.8) is 0 Å². The van der Waals surface area contributed by atoms with Gasteiger partial charge in [0.25, 0.3) is 0 Å². The fourth-order valence-electron chi connectivity index (χ4n) is 2.78. The first kappa shape index (κ1) is 7.57. The van der Waals surface area contributed by atoms with E-state index in [2.05, 4.69) is 23.5 Å². The molecule has 2 aliphatic rings. The van der Waals surface area contributed by atoms with Crippen LogP contribution >= 0.6 is 0 Å². The van der Waals surface area contributed by atoms with Gasteiger partial charge in [-0.3, -0.25) is 0 Å². The molecular weight excluding hydrogens is 158 g/mol. The second-order valence-corrected chi connectivity index (χ2v) is 4.14. The zero-order chi connectivity index (χ0) is 8.67. The molecule has 1 unspecified atom stereocenters. The second kappa shape index (κ2) is 2.85. The Hall–Kier alpha value is -0.820. The molecule has 1 N–H and O–H groups in total. The third-order valence-corrected chi connectivity index (χ3v) is 3.36. The van der Waals surface area contributed by atoms with Crippen LogP contribution in [0.4, 0.5) is 0 Å². The Kier molecular flexibility index (Phi) is 1.66. The van der Waals surface area contributed by atoms with E-state index in [9.17, 15) is 0 Å². The molecule has 1 heteroatoms. The Morgan fingerprint density at radius 3 is 2.92 bits per heavy atom. The van der Waals surface area contributed by atoms with Crippen LogP contribution in [-0.2, 0) is 12.8 Å². The zero-order valence-corrected chi connectivity index (χ0v) is 7.84. The number of benzene rings is 1. The molecule has 1 aromatic rings. The Morgan fingerprint density at radius 1 is 1.15 bits per heavy atom. The quantitative estimate of drug-likeness (QED) is 0.634. The molecule has 1 atom stereocenters. The van der Waals surface area contributed by atoms with Gasteiger partial charge in [-0.25, -0.2) is 0 Å². The normalized spacial score (nSPS) is 25.4. The van der Waals surface area contributed by atoms with E-state index in [0.29, 0.717) is 6.04 Å². The largest absolute Gasteiger partial charge is 0.310 e. The van der Waals surface area contributed by atoms with Crippen LogP contribution in [0.15, 0.2) is 18.2 Å². The molecular formula is C12H15N. The van der Waals surface area contributed by atoms with Gasteiger partial charge in [-0.1, -0.05) is 18.2 Å². The lowest BCUT2D eigenvalue weighted by Crippen LogP contribution is -2.32. The lowest BCUT2D eigenvalue weighted by atomic mass is 9.82. The van der Waals surface area contributed by atoms with Crippen molar-refractivity contribution in [2.45, 2.75) is 31.7 Å². The average Bonchev–Trinajstić information content (AvgIpc) is 2.19. The molecule has 3 rings (SSSR count). The molecule has 0 bridgehead atoms. The van der Waals surface area contributed by atoms with Crippen LogP contribution in [-0.4, -0.2) is 6.54 Å². The summed E-state index contributed by atoms with van der Waals surface area (Å²) in [5.74, 6) is 0. The maximum atomic E-state index is 3.62. The molecule has 68 valence electrons. The van der Waals surface area contributed by atoms with Crippen molar-refractivity contribution in [3.8, 4) is 0 Å². The third-order valence-electron chi connectivity index (χ3n) is 3.36. The molecule has 1 nitrogen and oxygen atoms in total. The van der Waals surface area contributed by atoms with Gasteiger partial charge in [0.05, 0.1) is 0 Å². The first-order valence-corrected chi connectivity index (χ1v) is 5.29. The average molecular weight is 173 g/mol. The zero-order valence-electron chi connectivity index (χ0n) is 7.84. The SMILES string of the molecule is c1cc2c3c(c1)CCNC3CCC2. The van der Waals surface area contributed by atoms with Crippen molar-refractivity contribution in [3.05, 3.63) is 34.9 Å². The van der Waals surface area contributed by atoms with Gasteiger partial charge in [0, 0.05) is 6.04 Å². The van der Waals surface area contributed by atoms with Crippen LogP contribution in [0.25, 0.3) is 0 Å². The van der Waals surface area contributed by atoms with Gasteiger partial charge >= 0.3 is 0 Å². The van der Waals surface area contributed by atoms with Crippen molar-refractivity contribution >= 4 is 0 Å². The maximum Gasteiger partial charge on any atom is 0.0325 e. The summed E-state index contributed by atoms with van der Waals surface area (Å²) in [5, 5.41) is 3.62. The highest BCUT2D eigenvalue weighted by atomic mass is 14.9. The van der Waals surface area contributed by atoms with E-state index in [4.69, 9.17) is 0 Å². The standard InChI is InChI=1S/C12H15N/c1-3-9-5-2-6-11-12(9)10(4-1)7-8-13-11/h1,3-4,11,13H,2,5-8H2. The number of nitrogens with one attached hydrogen (secondary N) is 1. The molecule has 1 aliphatic carbocycles. The van der Waals surface area contributed by atoms with Crippen molar-refractivity contribution in [2.24, 2.45) is 0 Å². The van der Waals surface area contributed by atoms with E-state index in [1.54, 1.807) is 16.7 Å². The smallest absolute Gasteiger partial charge is 0.0325 e. The highest BCUT2D eigenvalue weighted by Crippen LogP contribution is 2.34. The molecule has 0 radical (unpaired) electrons. The van der Waals surface area contributed by atoms with Crippen LogP contribution < -0.4 is 5.32 Å². The van der Waals surface area contributed by atoms with E-state index in [-0.39, 0.29) is 0 Å². The molecule has 0 spiro atoms. The van der Waals surface area contributed by atoms with Crippen LogP contribution in [0.1, 0.15) is 35.6 Å². The minimum absolute atomic E-state index is 0.675. The number of aryl methyl sites for hydroxylation is 1. The van der Waals surface area contributed by atoms with E-state index >= 15 is 0 Å². The Bertz CT molecular complexity index is 302. The predicted octanol–water partition coefficient (Wildman–Crippen LogP) is 2.21. The van der Waals surface area contributed by atoms with Crippen molar-refractivity contribution in [1.82, 2.24) is 5.32 Å². The van der Waals surface area contributed by atoms with E-state index < -0.39 is 0 Å². The topological polar surface area (TPSA) is 12.0 Å². The van der Waals surface area contributed by atoms with Gasteiger partial charge in [-0.05, 0) is 48.9 Å². The van der Waals surface area contributed by atoms with E-state index in [1.807, 2.05) is 0 Å². The van der Waals surface area contributed by atoms with Gasteiger partial charge in [-0.2, -0.15) is 0 Å². The monoisotopic (exact) mass is 173 g/mol. The van der Waals surface area contributed by atoms with Gasteiger partial charge in [0.2, 0.25) is 0 Å². The molecule has 0 saturated carbocycles. The van der Waals surface area contributed by atoms with Crippen LogP contribution in [0.3, 0.4) is 0 Å². The Labute approximate surface area is 79.2 Å². The van der Waals surface area contributed by atoms with Crippen LogP contribution in [0.2, 0.25) is 0 Å². The lowest BCUT2D eigenvalue weighted by molar-refractivity contribution is 0.438. The summed E-state index contributed by atoms with van der Waals surface area (Å²) >= 11 is 0. The summed E-state index contributed by atoms with van der Waals surface area (Å²) < 4.78 is 0. The summed E-state index contributed by atoms with van der Waals surface area (Å²) in [6.07, 6.45) is 5.21. The van der Waals surface area contributed by atoms with E-state index in [1.165, 1.54) is 32.2 Å². The van der Waals surface area contributed by atoms with Gasteiger partial charge in [0.1, 0.15) is 0 Å². The Morgan fingerprint density at radius 2 is 2.00 bits per heavy atom. The van der Waals surface area contributed by atoms with Gasteiger partial charge in [-0.15, -0.1) is 0 Å². The summed E-state index contributed by atoms with van der Waals surface area (Å²) in [5.41, 5.74) is 4.84.